The van der Waals surface area contributed by atoms with E-state index < -0.39 is 12.2 Å². The van der Waals surface area contributed by atoms with Gasteiger partial charge < -0.3 is 10.2 Å². The van der Waals surface area contributed by atoms with Crippen LogP contribution >= 0.6 is 0 Å². The number of aryl methyl sites for hydroxylation is 2. The van der Waals surface area contributed by atoms with Gasteiger partial charge >= 0.3 is 0 Å². The van der Waals surface area contributed by atoms with Crippen LogP contribution in [0.1, 0.15) is 29.7 Å². The molecule has 0 heterocycles. The van der Waals surface area contributed by atoms with E-state index >= 15 is 0 Å². The van der Waals surface area contributed by atoms with Crippen molar-refractivity contribution in [1.82, 2.24) is 0 Å². The van der Waals surface area contributed by atoms with Crippen LogP contribution in [0.25, 0.3) is 0 Å². The molecular weight excluding hydrogens is 164 g/mol. The third-order valence-corrected chi connectivity index (χ3v) is 2.21. The van der Waals surface area contributed by atoms with E-state index in [1.165, 1.54) is 0 Å². The Morgan fingerprint density at radius 1 is 1.15 bits per heavy atom. The van der Waals surface area contributed by atoms with Gasteiger partial charge in [0.05, 0.1) is 6.10 Å². The topological polar surface area (TPSA) is 40.5 Å². The largest absolute Gasteiger partial charge is 0.390 e. The summed E-state index contributed by atoms with van der Waals surface area (Å²) < 4.78 is 0. The Bertz CT molecular complexity index is 292. The summed E-state index contributed by atoms with van der Waals surface area (Å²) in [5.41, 5.74) is 2.93. The maximum absolute atomic E-state index is 9.65. The number of hydrogen-bond acceptors (Lipinski definition) is 2. The Hall–Kier alpha value is -0.860. The Balaban J connectivity index is 3.05. The molecule has 2 unspecified atom stereocenters. The first-order valence-corrected chi connectivity index (χ1v) is 4.45. The highest BCUT2D eigenvalue weighted by Crippen LogP contribution is 2.21. The number of aliphatic hydroxyl groups is 2. The van der Waals surface area contributed by atoms with Crippen LogP contribution < -0.4 is 0 Å². The first-order valence-electron chi connectivity index (χ1n) is 4.45. The summed E-state index contributed by atoms with van der Waals surface area (Å²) in [7, 11) is 0. The van der Waals surface area contributed by atoms with Gasteiger partial charge in [0.25, 0.3) is 0 Å². The van der Waals surface area contributed by atoms with Crippen molar-refractivity contribution in [3.8, 4) is 0 Å². The maximum Gasteiger partial charge on any atom is 0.105 e. The molecule has 0 bridgehead atoms. The Labute approximate surface area is 78.8 Å². The molecule has 0 saturated heterocycles. The number of aliphatic hydroxyl groups excluding tert-OH is 2. The molecule has 0 aliphatic rings. The molecule has 0 radical (unpaired) electrons. The van der Waals surface area contributed by atoms with E-state index in [0.29, 0.717) is 0 Å². The summed E-state index contributed by atoms with van der Waals surface area (Å²) in [6, 6.07) is 5.86. The van der Waals surface area contributed by atoms with E-state index in [2.05, 4.69) is 0 Å². The van der Waals surface area contributed by atoms with Crippen molar-refractivity contribution in [3.63, 3.8) is 0 Å². The van der Waals surface area contributed by atoms with Crippen molar-refractivity contribution in [2.75, 3.05) is 0 Å². The van der Waals surface area contributed by atoms with Gasteiger partial charge in [-0.1, -0.05) is 23.8 Å². The minimum absolute atomic E-state index is 0.722. The van der Waals surface area contributed by atoms with E-state index in [4.69, 9.17) is 0 Å². The second-order valence-electron chi connectivity index (χ2n) is 3.55. The number of benzene rings is 1. The molecule has 0 saturated carbocycles. The van der Waals surface area contributed by atoms with Crippen LogP contribution in [-0.2, 0) is 0 Å². The molecule has 2 atom stereocenters. The van der Waals surface area contributed by atoms with Crippen LogP contribution in [0.4, 0.5) is 0 Å². The highest BCUT2D eigenvalue weighted by Gasteiger charge is 2.15. The average molecular weight is 180 g/mol. The van der Waals surface area contributed by atoms with Gasteiger partial charge in [-0.25, -0.2) is 0 Å². The van der Waals surface area contributed by atoms with Crippen molar-refractivity contribution in [2.45, 2.75) is 33.0 Å². The molecule has 0 aliphatic carbocycles. The minimum Gasteiger partial charge on any atom is -0.390 e. The fraction of sp³-hybridized carbons (Fsp3) is 0.455. The van der Waals surface area contributed by atoms with Gasteiger partial charge in [-0.3, -0.25) is 0 Å². The third-order valence-electron chi connectivity index (χ3n) is 2.21. The van der Waals surface area contributed by atoms with Gasteiger partial charge in [0.2, 0.25) is 0 Å². The Kier molecular flexibility index (Phi) is 3.07. The summed E-state index contributed by atoms with van der Waals surface area (Å²) in [4.78, 5) is 0. The van der Waals surface area contributed by atoms with Gasteiger partial charge in [0.1, 0.15) is 6.10 Å². The smallest absolute Gasteiger partial charge is 0.105 e. The van der Waals surface area contributed by atoms with Gasteiger partial charge in [0, 0.05) is 0 Å². The predicted molar refractivity (Wildman–Crippen MR) is 52.6 cm³/mol. The molecule has 2 N–H and O–H groups in total. The van der Waals surface area contributed by atoms with Crippen LogP contribution in [0.2, 0.25) is 0 Å². The maximum atomic E-state index is 9.65. The van der Waals surface area contributed by atoms with Crippen molar-refractivity contribution < 1.29 is 10.2 Å². The summed E-state index contributed by atoms with van der Waals surface area (Å²) >= 11 is 0. The summed E-state index contributed by atoms with van der Waals surface area (Å²) in [6.45, 7) is 5.49. The molecule has 0 amide bonds. The SMILES string of the molecule is Cc1ccc(C)c(C(O)C(C)O)c1. The van der Waals surface area contributed by atoms with Gasteiger partial charge in [0.15, 0.2) is 0 Å². The molecule has 1 aromatic rings. The molecule has 2 heteroatoms. The van der Waals surface area contributed by atoms with E-state index in [9.17, 15) is 10.2 Å². The summed E-state index contributed by atoms with van der Waals surface area (Å²) in [5, 5.41) is 18.9. The lowest BCUT2D eigenvalue weighted by atomic mass is 9.98. The highest BCUT2D eigenvalue weighted by molar-refractivity contribution is 5.32. The van der Waals surface area contributed by atoms with Crippen molar-refractivity contribution >= 4 is 0 Å². The van der Waals surface area contributed by atoms with Crippen LogP contribution in [0.3, 0.4) is 0 Å². The summed E-state index contributed by atoms with van der Waals surface area (Å²) in [6.07, 6.45) is -1.50. The number of rotatable bonds is 2. The molecule has 0 spiro atoms. The van der Waals surface area contributed by atoms with E-state index in [0.717, 1.165) is 16.7 Å². The Morgan fingerprint density at radius 3 is 2.31 bits per heavy atom. The van der Waals surface area contributed by atoms with Crippen LogP contribution in [0.5, 0.6) is 0 Å². The van der Waals surface area contributed by atoms with Gasteiger partial charge in [-0.05, 0) is 31.9 Å². The quantitative estimate of drug-likeness (QED) is 0.727. The molecule has 2 nitrogen and oxygen atoms in total. The second kappa shape index (κ2) is 3.90. The zero-order valence-corrected chi connectivity index (χ0v) is 8.28. The average Bonchev–Trinajstić information content (AvgIpc) is 2.08. The van der Waals surface area contributed by atoms with Gasteiger partial charge in [-0.2, -0.15) is 0 Å². The lowest BCUT2D eigenvalue weighted by Gasteiger charge is -2.16. The monoisotopic (exact) mass is 180 g/mol. The first-order chi connectivity index (χ1) is 6.02. The van der Waals surface area contributed by atoms with Crippen molar-refractivity contribution in [2.24, 2.45) is 0 Å². The molecule has 13 heavy (non-hydrogen) atoms. The number of hydrogen-bond donors (Lipinski definition) is 2. The minimum atomic E-state index is -0.778. The second-order valence-corrected chi connectivity index (χ2v) is 3.55. The normalized spacial score (nSPS) is 15.5. The highest BCUT2D eigenvalue weighted by atomic mass is 16.3. The van der Waals surface area contributed by atoms with Crippen LogP contribution in [-0.4, -0.2) is 16.3 Å². The molecule has 72 valence electrons. The van der Waals surface area contributed by atoms with Crippen molar-refractivity contribution in [3.05, 3.63) is 34.9 Å². The van der Waals surface area contributed by atoms with Crippen LogP contribution in [0, 0.1) is 13.8 Å². The fourth-order valence-corrected chi connectivity index (χ4v) is 1.34. The van der Waals surface area contributed by atoms with E-state index in [-0.39, 0.29) is 0 Å². The van der Waals surface area contributed by atoms with Crippen LogP contribution in [0.15, 0.2) is 18.2 Å². The van der Waals surface area contributed by atoms with Crippen molar-refractivity contribution in [1.29, 1.82) is 0 Å². The lowest BCUT2D eigenvalue weighted by molar-refractivity contribution is 0.0301. The molecule has 1 aromatic carbocycles. The third kappa shape index (κ3) is 2.29. The zero-order valence-electron chi connectivity index (χ0n) is 8.28. The molecule has 0 aliphatic heterocycles. The first kappa shape index (κ1) is 10.2. The van der Waals surface area contributed by atoms with E-state index in [1.54, 1.807) is 6.92 Å². The molecule has 0 fully saturated rings. The molecular formula is C11H16O2. The zero-order chi connectivity index (χ0) is 10.0. The predicted octanol–water partition coefficient (Wildman–Crippen LogP) is 1.72. The van der Waals surface area contributed by atoms with Gasteiger partial charge in [-0.15, -0.1) is 0 Å². The standard InChI is InChI=1S/C11H16O2/c1-7-4-5-8(2)10(6-7)11(13)9(3)12/h4-6,9,11-13H,1-3H3. The van der Waals surface area contributed by atoms with E-state index in [1.807, 2.05) is 32.0 Å². The fourth-order valence-electron chi connectivity index (χ4n) is 1.34. The lowest BCUT2D eigenvalue weighted by Crippen LogP contribution is -2.14. The Morgan fingerprint density at radius 2 is 1.77 bits per heavy atom. The molecule has 0 aromatic heterocycles. The molecule has 1 rings (SSSR count). The summed E-state index contributed by atoms with van der Waals surface area (Å²) in [5.74, 6) is 0.